The van der Waals surface area contributed by atoms with E-state index >= 15 is 0 Å². The molecule has 102 valence electrons. The molecular formula is C15H27N3. The highest BCUT2D eigenvalue weighted by Crippen LogP contribution is 2.19. The standard InChI is InChI=1S/C15H27N3/c1-4-14(5-2)15(11-16)18(6-3)12-13-7-9-17-10-8-13/h7-10,14-15H,4-6,11-12,16H2,1-3H3. The Morgan fingerprint density at radius 3 is 2.22 bits per heavy atom. The molecule has 0 saturated carbocycles. The minimum absolute atomic E-state index is 0.484. The molecule has 0 fully saturated rings. The van der Waals surface area contributed by atoms with E-state index in [1.54, 1.807) is 0 Å². The summed E-state index contributed by atoms with van der Waals surface area (Å²) >= 11 is 0. The highest BCUT2D eigenvalue weighted by molar-refractivity contribution is 5.09. The second-order valence-electron chi connectivity index (χ2n) is 4.80. The zero-order valence-electron chi connectivity index (χ0n) is 12.0. The molecule has 0 amide bonds. The third kappa shape index (κ3) is 4.07. The Labute approximate surface area is 111 Å². The summed E-state index contributed by atoms with van der Waals surface area (Å²) in [5.41, 5.74) is 7.32. The molecule has 0 aliphatic rings. The Morgan fingerprint density at radius 1 is 1.17 bits per heavy atom. The van der Waals surface area contributed by atoms with Crippen molar-refractivity contribution >= 4 is 0 Å². The van der Waals surface area contributed by atoms with Crippen LogP contribution >= 0.6 is 0 Å². The quantitative estimate of drug-likeness (QED) is 0.770. The van der Waals surface area contributed by atoms with Crippen molar-refractivity contribution < 1.29 is 0 Å². The predicted octanol–water partition coefficient (Wildman–Crippen LogP) is 2.67. The molecule has 0 spiro atoms. The van der Waals surface area contributed by atoms with Crippen molar-refractivity contribution in [2.24, 2.45) is 11.7 Å². The van der Waals surface area contributed by atoms with Crippen LogP contribution in [0.3, 0.4) is 0 Å². The number of rotatable bonds is 8. The topological polar surface area (TPSA) is 42.1 Å². The highest BCUT2D eigenvalue weighted by atomic mass is 15.2. The molecule has 18 heavy (non-hydrogen) atoms. The summed E-state index contributed by atoms with van der Waals surface area (Å²) in [6.07, 6.45) is 6.12. The van der Waals surface area contributed by atoms with Crippen LogP contribution in [0.15, 0.2) is 24.5 Å². The lowest BCUT2D eigenvalue weighted by Gasteiger charge is -2.35. The molecule has 3 nitrogen and oxygen atoms in total. The molecule has 0 radical (unpaired) electrons. The van der Waals surface area contributed by atoms with E-state index in [2.05, 4.69) is 42.8 Å². The van der Waals surface area contributed by atoms with E-state index in [1.807, 2.05) is 12.4 Å². The predicted molar refractivity (Wildman–Crippen MR) is 77.2 cm³/mol. The minimum Gasteiger partial charge on any atom is -0.329 e. The monoisotopic (exact) mass is 249 g/mol. The van der Waals surface area contributed by atoms with Gasteiger partial charge in [0.05, 0.1) is 0 Å². The van der Waals surface area contributed by atoms with Gasteiger partial charge in [0.25, 0.3) is 0 Å². The van der Waals surface area contributed by atoms with Gasteiger partial charge in [-0.1, -0.05) is 33.6 Å². The average molecular weight is 249 g/mol. The van der Waals surface area contributed by atoms with E-state index in [0.29, 0.717) is 12.0 Å². The summed E-state index contributed by atoms with van der Waals surface area (Å²) in [5, 5.41) is 0. The van der Waals surface area contributed by atoms with Crippen molar-refractivity contribution in [1.29, 1.82) is 0 Å². The molecule has 1 rings (SSSR count). The van der Waals surface area contributed by atoms with Crippen molar-refractivity contribution in [2.45, 2.75) is 46.2 Å². The van der Waals surface area contributed by atoms with Crippen LogP contribution in [0.1, 0.15) is 39.2 Å². The molecule has 1 aromatic heterocycles. The number of hydrogen-bond acceptors (Lipinski definition) is 3. The summed E-state index contributed by atoms with van der Waals surface area (Å²) in [4.78, 5) is 6.56. The van der Waals surface area contributed by atoms with E-state index in [9.17, 15) is 0 Å². The smallest absolute Gasteiger partial charge is 0.0271 e. The first-order chi connectivity index (χ1) is 8.76. The van der Waals surface area contributed by atoms with Gasteiger partial charge >= 0.3 is 0 Å². The van der Waals surface area contributed by atoms with Crippen LogP contribution in [0.2, 0.25) is 0 Å². The second-order valence-corrected chi connectivity index (χ2v) is 4.80. The maximum atomic E-state index is 6.00. The van der Waals surface area contributed by atoms with Crippen LogP contribution in [-0.4, -0.2) is 29.0 Å². The van der Waals surface area contributed by atoms with E-state index in [4.69, 9.17) is 5.73 Å². The normalized spacial score (nSPS) is 13.2. The molecular weight excluding hydrogens is 222 g/mol. The van der Waals surface area contributed by atoms with E-state index in [1.165, 1.54) is 18.4 Å². The lowest BCUT2D eigenvalue weighted by Crippen LogP contribution is -2.44. The average Bonchev–Trinajstić information content (AvgIpc) is 2.43. The number of hydrogen-bond donors (Lipinski definition) is 1. The molecule has 1 unspecified atom stereocenters. The maximum absolute atomic E-state index is 6.00. The van der Waals surface area contributed by atoms with E-state index < -0.39 is 0 Å². The summed E-state index contributed by atoms with van der Waals surface area (Å²) in [6, 6.07) is 4.66. The first kappa shape index (κ1) is 15.1. The van der Waals surface area contributed by atoms with Crippen molar-refractivity contribution in [1.82, 2.24) is 9.88 Å². The molecule has 2 N–H and O–H groups in total. The molecule has 0 aliphatic heterocycles. The fourth-order valence-corrected chi connectivity index (χ4v) is 2.66. The Hall–Kier alpha value is -0.930. The molecule has 0 saturated heterocycles. The second kappa shape index (κ2) is 8.22. The fourth-order valence-electron chi connectivity index (χ4n) is 2.66. The van der Waals surface area contributed by atoms with Gasteiger partial charge in [0, 0.05) is 31.5 Å². The van der Waals surface area contributed by atoms with E-state index in [-0.39, 0.29) is 0 Å². The number of likely N-dealkylation sites (N-methyl/N-ethyl adjacent to an activating group) is 1. The van der Waals surface area contributed by atoms with E-state index in [0.717, 1.165) is 19.6 Å². The molecule has 3 heteroatoms. The van der Waals surface area contributed by atoms with Crippen molar-refractivity contribution in [3.8, 4) is 0 Å². The summed E-state index contributed by atoms with van der Waals surface area (Å²) in [6.45, 7) is 9.49. The van der Waals surface area contributed by atoms with Gasteiger partial charge in [0.2, 0.25) is 0 Å². The van der Waals surface area contributed by atoms with Gasteiger partial charge in [-0.15, -0.1) is 0 Å². The minimum atomic E-state index is 0.484. The molecule has 0 bridgehead atoms. The van der Waals surface area contributed by atoms with Crippen LogP contribution in [-0.2, 0) is 6.54 Å². The van der Waals surface area contributed by atoms with Gasteiger partial charge in [0.1, 0.15) is 0 Å². The largest absolute Gasteiger partial charge is 0.329 e. The maximum Gasteiger partial charge on any atom is 0.0271 e. The third-order valence-corrected chi connectivity index (χ3v) is 3.84. The highest BCUT2D eigenvalue weighted by Gasteiger charge is 2.22. The Morgan fingerprint density at radius 2 is 1.78 bits per heavy atom. The molecule has 0 aromatic carbocycles. The third-order valence-electron chi connectivity index (χ3n) is 3.84. The summed E-state index contributed by atoms with van der Waals surface area (Å²) < 4.78 is 0. The molecule has 0 aliphatic carbocycles. The Balaban J connectivity index is 2.74. The molecule has 1 aromatic rings. The Kier molecular flexibility index (Phi) is 6.91. The van der Waals surface area contributed by atoms with Crippen LogP contribution in [0.5, 0.6) is 0 Å². The zero-order valence-corrected chi connectivity index (χ0v) is 12.0. The first-order valence-corrected chi connectivity index (χ1v) is 7.09. The van der Waals surface area contributed by atoms with Crippen molar-refractivity contribution in [3.63, 3.8) is 0 Å². The number of nitrogens with two attached hydrogens (primary N) is 1. The first-order valence-electron chi connectivity index (χ1n) is 7.09. The van der Waals surface area contributed by atoms with Crippen LogP contribution < -0.4 is 5.73 Å². The molecule has 1 heterocycles. The van der Waals surface area contributed by atoms with Crippen molar-refractivity contribution in [3.05, 3.63) is 30.1 Å². The van der Waals surface area contributed by atoms with Gasteiger partial charge in [-0.3, -0.25) is 9.88 Å². The number of pyridine rings is 1. The fraction of sp³-hybridized carbons (Fsp3) is 0.667. The van der Waals surface area contributed by atoms with Gasteiger partial charge in [-0.2, -0.15) is 0 Å². The summed E-state index contributed by atoms with van der Waals surface area (Å²) in [5.74, 6) is 0.691. The van der Waals surface area contributed by atoms with Gasteiger partial charge in [-0.05, 0) is 30.2 Å². The summed E-state index contributed by atoms with van der Waals surface area (Å²) in [7, 11) is 0. The Bertz CT molecular complexity index is 309. The lowest BCUT2D eigenvalue weighted by molar-refractivity contribution is 0.139. The number of aromatic nitrogens is 1. The van der Waals surface area contributed by atoms with Gasteiger partial charge in [0.15, 0.2) is 0 Å². The van der Waals surface area contributed by atoms with Gasteiger partial charge in [-0.25, -0.2) is 0 Å². The van der Waals surface area contributed by atoms with Crippen LogP contribution in [0.4, 0.5) is 0 Å². The van der Waals surface area contributed by atoms with Gasteiger partial charge < -0.3 is 5.73 Å². The number of nitrogens with zero attached hydrogens (tertiary/aromatic N) is 2. The van der Waals surface area contributed by atoms with Crippen molar-refractivity contribution in [2.75, 3.05) is 13.1 Å². The lowest BCUT2D eigenvalue weighted by atomic mass is 9.92. The van der Waals surface area contributed by atoms with Crippen LogP contribution in [0, 0.1) is 5.92 Å². The molecule has 1 atom stereocenters. The SMILES string of the molecule is CCC(CC)C(CN)N(CC)Cc1ccncc1. The van der Waals surface area contributed by atoms with Crippen LogP contribution in [0.25, 0.3) is 0 Å². The zero-order chi connectivity index (χ0) is 13.4.